The average molecular weight is 479 g/mol. The van der Waals surface area contributed by atoms with Crippen LogP contribution in [0.3, 0.4) is 0 Å². The van der Waals surface area contributed by atoms with Crippen LogP contribution in [0.25, 0.3) is 10.9 Å². The second-order valence-electron chi connectivity index (χ2n) is 9.51. The zero-order valence-electron chi connectivity index (χ0n) is 21.3. The van der Waals surface area contributed by atoms with Gasteiger partial charge >= 0.3 is 0 Å². The van der Waals surface area contributed by atoms with Gasteiger partial charge in [-0.15, -0.1) is 0 Å². The Balaban J connectivity index is 1.44. The number of ether oxygens (including phenoxy) is 2. The van der Waals surface area contributed by atoms with Crippen LogP contribution in [-0.2, 0) is 0 Å². The van der Waals surface area contributed by atoms with Crippen LogP contribution in [0.15, 0.2) is 35.4 Å². The summed E-state index contributed by atoms with van der Waals surface area (Å²) in [7, 11) is 1.62. The predicted molar refractivity (Wildman–Crippen MR) is 142 cm³/mol. The number of rotatable bonds is 11. The Bertz CT molecular complexity index is 1160. The van der Waals surface area contributed by atoms with Gasteiger partial charge in [0.1, 0.15) is 0 Å². The number of hydrogen-bond acceptors (Lipinski definition) is 6. The first-order valence-electron chi connectivity index (χ1n) is 12.8. The van der Waals surface area contributed by atoms with E-state index >= 15 is 0 Å². The molecule has 1 saturated heterocycles. The van der Waals surface area contributed by atoms with Crippen molar-refractivity contribution in [2.24, 2.45) is 0 Å². The lowest BCUT2D eigenvalue weighted by molar-refractivity contribution is 0.222. The van der Waals surface area contributed by atoms with Gasteiger partial charge in [0, 0.05) is 29.5 Å². The number of nitrogens with one attached hydrogen (secondary N) is 2. The van der Waals surface area contributed by atoms with Gasteiger partial charge in [0.25, 0.3) is 5.56 Å². The van der Waals surface area contributed by atoms with Crippen molar-refractivity contribution < 1.29 is 9.47 Å². The molecular weight excluding hydrogens is 440 g/mol. The minimum atomic E-state index is -0.194. The molecule has 1 aliphatic rings. The summed E-state index contributed by atoms with van der Waals surface area (Å²) in [6.45, 7) is 8.33. The molecule has 0 aliphatic carbocycles. The fraction of sp³-hybridized carbons (Fsp3) is 0.500. The molecule has 3 aromatic rings. The monoisotopic (exact) mass is 478 g/mol. The normalized spacial score (nSPS) is 14.3. The number of unbranched alkanes of at least 4 members (excludes halogenated alkanes) is 3. The summed E-state index contributed by atoms with van der Waals surface area (Å²) in [5.41, 5.74) is 4.17. The molecule has 1 aromatic carbocycles. The topological polar surface area (TPSA) is 79.5 Å². The SMILES string of the molecule is COc1ccc2c(Nc3c(C)cncc3C)cc(=O)[nH]c2c1OCCCCCCN1CCCCC1. The number of methoxy groups -OCH3 is 1. The number of aromatic amines is 1. The van der Waals surface area contributed by atoms with E-state index in [2.05, 4.69) is 20.2 Å². The Kier molecular flexibility index (Phi) is 8.64. The number of aromatic nitrogens is 2. The largest absolute Gasteiger partial charge is 0.493 e. The lowest BCUT2D eigenvalue weighted by Crippen LogP contribution is -2.30. The highest BCUT2D eigenvalue weighted by Crippen LogP contribution is 2.37. The van der Waals surface area contributed by atoms with Crippen LogP contribution in [0.5, 0.6) is 11.5 Å². The number of pyridine rings is 2. The number of H-pyrrole nitrogens is 1. The predicted octanol–water partition coefficient (Wildman–Crippen LogP) is 5.72. The molecule has 7 heteroatoms. The molecule has 1 fully saturated rings. The molecule has 7 nitrogen and oxygen atoms in total. The Hall–Kier alpha value is -3.06. The molecule has 35 heavy (non-hydrogen) atoms. The van der Waals surface area contributed by atoms with Gasteiger partial charge in [-0.05, 0) is 82.4 Å². The maximum atomic E-state index is 12.6. The molecule has 0 bridgehead atoms. The zero-order chi connectivity index (χ0) is 24.6. The van der Waals surface area contributed by atoms with E-state index in [-0.39, 0.29) is 5.56 Å². The molecule has 0 spiro atoms. The summed E-state index contributed by atoms with van der Waals surface area (Å²) in [5.74, 6) is 1.20. The first kappa shape index (κ1) is 25.0. The summed E-state index contributed by atoms with van der Waals surface area (Å²) in [6, 6.07) is 5.43. The smallest absolute Gasteiger partial charge is 0.250 e. The van der Waals surface area contributed by atoms with E-state index in [0.29, 0.717) is 23.6 Å². The van der Waals surface area contributed by atoms with Gasteiger partial charge in [-0.25, -0.2) is 0 Å². The van der Waals surface area contributed by atoms with E-state index in [4.69, 9.17) is 9.47 Å². The van der Waals surface area contributed by atoms with Gasteiger partial charge in [-0.2, -0.15) is 0 Å². The van der Waals surface area contributed by atoms with Gasteiger partial charge in [-0.1, -0.05) is 19.3 Å². The van der Waals surface area contributed by atoms with Crippen LogP contribution in [0.1, 0.15) is 56.1 Å². The number of benzene rings is 1. The zero-order valence-corrected chi connectivity index (χ0v) is 21.3. The Morgan fingerprint density at radius 1 is 1.03 bits per heavy atom. The third kappa shape index (κ3) is 6.34. The number of likely N-dealkylation sites (tertiary alicyclic amines) is 1. The first-order valence-corrected chi connectivity index (χ1v) is 12.8. The summed E-state index contributed by atoms with van der Waals surface area (Å²) in [4.78, 5) is 22.4. The van der Waals surface area contributed by atoms with E-state index in [1.165, 1.54) is 51.7 Å². The average Bonchev–Trinajstić information content (AvgIpc) is 2.86. The van der Waals surface area contributed by atoms with E-state index in [9.17, 15) is 4.79 Å². The summed E-state index contributed by atoms with van der Waals surface area (Å²) < 4.78 is 11.8. The van der Waals surface area contributed by atoms with E-state index in [1.54, 1.807) is 13.2 Å². The van der Waals surface area contributed by atoms with Crippen LogP contribution < -0.4 is 20.3 Å². The molecule has 2 aromatic heterocycles. The first-order chi connectivity index (χ1) is 17.1. The molecule has 1 aliphatic heterocycles. The number of anilines is 2. The van der Waals surface area contributed by atoms with Crippen LogP contribution in [-0.4, -0.2) is 48.2 Å². The molecule has 188 valence electrons. The third-order valence-electron chi connectivity index (χ3n) is 6.80. The maximum absolute atomic E-state index is 12.6. The fourth-order valence-electron chi connectivity index (χ4n) is 4.87. The Labute approximate surface area is 207 Å². The lowest BCUT2D eigenvalue weighted by Gasteiger charge is -2.26. The highest BCUT2D eigenvalue weighted by atomic mass is 16.5. The van der Waals surface area contributed by atoms with Crippen molar-refractivity contribution in [2.45, 2.75) is 58.8 Å². The second kappa shape index (κ2) is 12.1. The summed E-state index contributed by atoms with van der Waals surface area (Å²) in [5, 5.41) is 4.32. The summed E-state index contributed by atoms with van der Waals surface area (Å²) in [6.07, 6.45) is 12.3. The molecule has 2 N–H and O–H groups in total. The van der Waals surface area contributed by atoms with Crippen molar-refractivity contribution in [1.82, 2.24) is 14.9 Å². The highest BCUT2D eigenvalue weighted by molar-refractivity contribution is 5.97. The third-order valence-corrected chi connectivity index (χ3v) is 6.80. The molecule has 0 atom stereocenters. The quantitative estimate of drug-likeness (QED) is 0.343. The summed E-state index contributed by atoms with van der Waals surface area (Å²) >= 11 is 0. The number of aryl methyl sites for hydroxylation is 2. The number of hydrogen-bond donors (Lipinski definition) is 2. The Morgan fingerprint density at radius 2 is 1.77 bits per heavy atom. The van der Waals surface area contributed by atoms with Crippen molar-refractivity contribution >= 4 is 22.3 Å². The number of fused-ring (bicyclic) bond motifs is 1. The van der Waals surface area contributed by atoms with E-state index in [1.807, 2.05) is 38.4 Å². The van der Waals surface area contributed by atoms with Gasteiger partial charge in [0.05, 0.1) is 24.9 Å². The van der Waals surface area contributed by atoms with Crippen molar-refractivity contribution in [1.29, 1.82) is 0 Å². The van der Waals surface area contributed by atoms with Crippen LogP contribution in [0.4, 0.5) is 11.4 Å². The minimum Gasteiger partial charge on any atom is -0.493 e. The lowest BCUT2D eigenvalue weighted by atomic mass is 10.1. The van der Waals surface area contributed by atoms with Crippen LogP contribution >= 0.6 is 0 Å². The van der Waals surface area contributed by atoms with E-state index < -0.39 is 0 Å². The second-order valence-corrected chi connectivity index (χ2v) is 9.51. The molecule has 4 rings (SSSR count). The van der Waals surface area contributed by atoms with Crippen molar-refractivity contribution in [3.05, 3.63) is 52.1 Å². The molecule has 0 radical (unpaired) electrons. The highest BCUT2D eigenvalue weighted by Gasteiger charge is 2.15. The maximum Gasteiger partial charge on any atom is 0.250 e. The van der Waals surface area contributed by atoms with Gasteiger partial charge < -0.3 is 24.7 Å². The number of piperidine rings is 1. The Morgan fingerprint density at radius 3 is 2.51 bits per heavy atom. The van der Waals surface area contributed by atoms with E-state index in [0.717, 1.165) is 40.7 Å². The van der Waals surface area contributed by atoms with Crippen LogP contribution in [0, 0.1) is 13.8 Å². The molecule has 0 unspecified atom stereocenters. The van der Waals surface area contributed by atoms with Crippen molar-refractivity contribution in [2.75, 3.05) is 38.7 Å². The van der Waals surface area contributed by atoms with Gasteiger partial charge in [-0.3, -0.25) is 9.78 Å². The fourth-order valence-corrected chi connectivity index (χ4v) is 4.87. The van der Waals surface area contributed by atoms with Crippen molar-refractivity contribution in [3.8, 4) is 11.5 Å². The molecule has 0 amide bonds. The number of nitrogens with zero attached hydrogens (tertiary/aromatic N) is 2. The van der Waals surface area contributed by atoms with Crippen LogP contribution in [0.2, 0.25) is 0 Å². The van der Waals surface area contributed by atoms with Gasteiger partial charge in [0.2, 0.25) is 0 Å². The standard InChI is InChI=1S/C28H38N4O3/c1-20-18-29-19-21(2)26(20)30-23-17-25(33)31-27-22(23)11-12-24(34-3)28(27)35-16-10-5-4-7-13-32-14-8-6-9-15-32/h11-12,17-19H,4-10,13-16H2,1-3H3,(H2,29,30,31,33). The van der Waals surface area contributed by atoms with Crippen molar-refractivity contribution in [3.63, 3.8) is 0 Å². The molecule has 3 heterocycles. The molecule has 0 saturated carbocycles. The van der Waals surface area contributed by atoms with Gasteiger partial charge in [0.15, 0.2) is 11.5 Å². The minimum absolute atomic E-state index is 0.194. The molecular formula is C28H38N4O3.